The molecule has 0 bridgehead atoms. The number of allylic oxidation sites excluding steroid dienone is 1. The topological polar surface area (TPSA) is 119 Å². The van der Waals surface area contributed by atoms with E-state index < -0.39 is 16.3 Å². The largest absolute Gasteiger partial charge is 0.465 e. The molecule has 0 radical (unpaired) electrons. The van der Waals surface area contributed by atoms with E-state index in [0.29, 0.717) is 11.5 Å². The number of aromatic nitrogens is 2. The van der Waals surface area contributed by atoms with Crippen LogP contribution in [0.3, 0.4) is 0 Å². The lowest BCUT2D eigenvalue weighted by atomic mass is 10.0. The zero-order chi connectivity index (χ0) is 18.7. The number of nitrogens with zero attached hydrogens (tertiary/aromatic N) is 2. The number of hydrogen-bond donors (Lipinski definition) is 1. The van der Waals surface area contributed by atoms with E-state index in [4.69, 9.17) is 4.42 Å². The minimum Gasteiger partial charge on any atom is -0.465 e. The predicted octanol–water partition coefficient (Wildman–Crippen LogP) is 3.00. The van der Waals surface area contributed by atoms with Crippen molar-refractivity contribution in [2.75, 3.05) is 0 Å². The van der Waals surface area contributed by atoms with Crippen LogP contribution in [-0.4, -0.2) is 20.7 Å². The minimum absolute atomic E-state index is 0.0924. The molecular formula is C18H13N3O5. The molecule has 130 valence electrons. The van der Waals surface area contributed by atoms with Crippen LogP contribution in [0.25, 0.3) is 11.6 Å². The van der Waals surface area contributed by atoms with Crippen molar-refractivity contribution >= 4 is 23.1 Å². The number of nitro benzene ring substituents is 1. The van der Waals surface area contributed by atoms with Crippen molar-refractivity contribution in [3.8, 4) is 0 Å². The highest BCUT2D eigenvalue weighted by molar-refractivity contribution is 6.31. The van der Waals surface area contributed by atoms with Crippen molar-refractivity contribution < 1.29 is 14.1 Å². The lowest BCUT2D eigenvalue weighted by Gasteiger charge is -2.07. The first-order chi connectivity index (χ1) is 12.4. The van der Waals surface area contributed by atoms with Gasteiger partial charge in [0.1, 0.15) is 11.6 Å². The van der Waals surface area contributed by atoms with Crippen molar-refractivity contribution in [2.45, 2.75) is 6.92 Å². The maximum Gasteiger partial charge on any atom is 0.269 e. The predicted molar refractivity (Wildman–Crippen MR) is 93.6 cm³/mol. The van der Waals surface area contributed by atoms with Crippen LogP contribution in [0.5, 0.6) is 0 Å². The molecule has 0 unspecified atom stereocenters. The Hall–Kier alpha value is -3.81. The molecule has 3 rings (SSSR count). The van der Waals surface area contributed by atoms with E-state index in [1.165, 1.54) is 42.7 Å². The van der Waals surface area contributed by atoms with E-state index in [2.05, 4.69) is 9.97 Å². The van der Waals surface area contributed by atoms with Crippen LogP contribution in [0.15, 0.2) is 57.9 Å². The van der Waals surface area contributed by atoms with Gasteiger partial charge < -0.3 is 9.40 Å². The Balaban J connectivity index is 2.09. The Kier molecular flexibility index (Phi) is 4.57. The number of H-pyrrole nitrogens is 1. The molecule has 1 aromatic carbocycles. The van der Waals surface area contributed by atoms with Gasteiger partial charge >= 0.3 is 0 Å². The van der Waals surface area contributed by atoms with E-state index in [-0.39, 0.29) is 22.6 Å². The van der Waals surface area contributed by atoms with Crippen molar-refractivity contribution in [2.24, 2.45) is 0 Å². The summed E-state index contributed by atoms with van der Waals surface area (Å²) >= 11 is 0. The summed E-state index contributed by atoms with van der Waals surface area (Å²) in [5, 5.41) is 10.8. The number of hydrogen-bond acceptors (Lipinski definition) is 6. The number of nitro groups is 1. The van der Waals surface area contributed by atoms with Gasteiger partial charge in [-0.3, -0.25) is 19.7 Å². The number of non-ortho nitro benzene ring substituents is 1. The number of carbonyl (C=O) groups excluding carboxylic acids is 1. The molecule has 0 amide bonds. The molecule has 2 aromatic heterocycles. The van der Waals surface area contributed by atoms with Crippen LogP contribution < -0.4 is 5.56 Å². The number of aromatic amines is 1. The van der Waals surface area contributed by atoms with Gasteiger partial charge in [-0.05, 0) is 37.3 Å². The van der Waals surface area contributed by atoms with Gasteiger partial charge in [0, 0.05) is 29.5 Å². The van der Waals surface area contributed by atoms with E-state index in [9.17, 15) is 19.7 Å². The fourth-order valence-corrected chi connectivity index (χ4v) is 2.35. The number of rotatable bonds is 5. The molecule has 1 N–H and O–H groups in total. The molecule has 0 aliphatic carbocycles. The number of benzene rings is 1. The lowest BCUT2D eigenvalue weighted by molar-refractivity contribution is -0.384. The summed E-state index contributed by atoms with van der Waals surface area (Å²) in [6.45, 7) is 1.64. The first kappa shape index (κ1) is 17.0. The van der Waals surface area contributed by atoms with Gasteiger partial charge in [-0.2, -0.15) is 0 Å². The zero-order valence-electron chi connectivity index (χ0n) is 13.6. The van der Waals surface area contributed by atoms with E-state index >= 15 is 0 Å². The SMILES string of the molecule is Cc1cc(=O)[nH]c(C(=Cc2ccco2)C(=O)c2ccc([N+](=O)[O-])cc2)n1. The molecule has 26 heavy (non-hydrogen) atoms. The van der Waals surface area contributed by atoms with Crippen LogP contribution in [0, 0.1) is 17.0 Å². The maximum atomic E-state index is 12.9. The average Bonchev–Trinajstić information content (AvgIpc) is 3.11. The van der Waals surface area contributed by atoms with Gasteiger partial charge in [-0.1, -0.05) is 0 Å². The Morgan fingerprint density at radius 2 is 2.00 bits per heavy atom. The summed E-state index contributed by atoms with van der Waals surface area (Å²) in [5.74, 6) is 0.0409. The Labute approximate surface area is 147 Å². The van der Waals surface area contributed by atoms with Crippen LogP contribution in [0.2, 0.25) is 0 Å². The van der Waals surface area contributed by atoms with Crippen molar-refractivity contribution in [3.63, 3.8) is 0 Å². The normalized spacial score (nSPS) is 11.3. The second-order valence-corrected chi connectivity index (χ2v) is 5.44. The number of aryl methyl sites for hydroxylation is 1. The van der Waals surface area contributed by atoms with Gasteiger partial charge in [0.05, 0.1) is 16.8 Å². The van der Waals surface area contributed by atoms with Crippen LogP contribution in [0.4, 0.5) is 5.69 Å². The Bertz CT molecular complexity index is 1050. The Morgan fingerprint density at radius 3 is 2.58 bits per heavy atom. The van der Waals surface area contributed by atoms with Gasteiger partial charge in [0.25, 0.3) is 11.2 Å². The fraction of sp³-hybridized carbons (Fsp3) is 0.0556. The monoisotopic (exact) mass is 351 g/mol. The van der Waals surface area contributed by atoms with Gasteiger partial charge in [-0.15, -0.1) is 0 Å². The zero-order valence-corrected chi connectivity index (χ0v) is 13.6. The molecule has 3 aromatic rings. The van der Waals surface area contributed by atoms with Gasteiger partial charge in [-0.25, -0.2) is 4.98 Å². The van der Waals surface area contributed by atoms with Crippen LogP contribution in [0.1, 0.15) is 27.6 Å². The first-order valence-corrected chi connectivity index (χ1v) is 7.57. The molecule has 8 nitrogen and oxygen atoms in total. The van der Waals surface area contributed by atoms with E-state index in [1.807, 2.05) is 0 Å². The van der Waals surface area contributed by atoms with Crippen molar-refractivity contribution in [1.82, 2.24) is 9.97 Å². The molecule has 0 saturated heterocycles. The summed E-state index contributed by atoms with van der Waals surface area (Å²) in [5.41, 5.74) is 0.257. The first-order valence-electron chi connectivity index (χ1n) is 7.57. The smallest absolute Gasteiger partial charge is 0.269 e. The maximum absolute atomic E-state index is 12.9. The van der Waals surface area contributed by atoms with Crippen LogP contribution >= 0.6 is 0 Å². The van der Waals surface area contributed by atoms with Crippen molar-refractivity contribution in [3.05, 3.63) is 92.0 Å². The highest BCUT2D eigenvalue weighted by Gasteiger charge is 2.19. The summed E-state index contributed by atoms with van der Waals surface area (Å²) in [7, 11) is 0. The molecule has 0 spiro atoms. The van der Waals surface area contributed by atoms with Gasteiger partial charge in [0.15, 0.2) is 5.78 Å². The number of Topliss-reactive ketones (excluding diaryl/α,β-unsaturated/α-hetero) is 1. The van der Waals surface area contributed by atoms with Crippen molar-refractivity contribution in [1.29, 1.82) is 0 Å². The number of carbonyl (C=O) groups is 1. The standard InChI is InChI=1S/C18H13N3O5/c1-11-9-16(22)20-18(19-11)15(10-14-3-2-8-26-14)17(23)12-4-6-13(7-5-12)21(24)25/h2-10H,1H3,(H,19,20,22). The second-order valence-electron chi connectivity index (χ2n) is 5.44. The molecule has 0 fully saturated rings. The molecular weight excluding hydrogens is 338 g/mol. The quantitative estimate of drug-likeness (QED) is 0.327. The average molecular weight is 351 g/mol. The van der Waals surface area contributed by atoms with E-state index in [1.54, 1.807) is 19.1 Å². The fourth-order valence-electron chi connectivity index (χ4n) is 2.35. The summed E-state index contributed by atoms with van der Waals surface area (Å²) in [6.07, 6.45) is 2.91. The molecule has 8 heteroatoms. The minimum atomic E-state index is -0.548. The third-order valence-corrected chi connectivity index (χ3v) is 3.54. The Morgan fingerprint density at radius 1 is 1.27 bits per heavy atom. The number of furan rings is 1. The highest BCUT2D eigenvalue weighted by Crippen LogP contribution is 2.22. The van der Waals surface area contributed by atoms with Crippen LogP contribution in [-0.2, 0) is 0 Å². The van der Waals surface area contributed by atoms with E-state index in [0.717, 1.165) is 0 Å². The molecule has 0 aliphatic rings. The third-order valence-electron chi connectivity index (χ3n) is 3.54. The number of ketones is 1. The molecule has 0 atom stereocenters. The summed E-state index contributed by atoms with van der Waals surface area (Å²) in [6, 6.07) is 9.80. The molecule has 0 saturated carbocycles. The highest BCUT2D eigenvalue weighted by atomic mass is 16.6. The molecule has 2 heterocycles. The van der Waals surface area contributed by atoms with Gasteiger partial charge in [0.2, 0.25) is 0 Å². The lowest BCUT2D eigenvalue weighted by Crippen LogP contribution is -2.14. The number of nitrogens with one attached hydrogen (secondary N) is 1. The summed E-state index contributed by atoms with van der Waals surface area (Å²) < 4.78 is 5.24. The molecule has 0 aliphatic heterocycles. The third kappa shape index (κ3) is 3.64. The summed E-state index contributed by atoms with van der Waals surface area (Å²) in [4.78, 5) is 41.7. The second kappa shape index (κ2) is 6.98.